The van der Waals surface area contributed by atoms with Gasteiger partial charge in [0.15, 0.2) is 18.1 Å². The zero-order valence-electron chi connectivity index (χ0n) is 21.1. The first-order chi connectivity index (χ1) is 17.7. The van der Waals surface area contributed by atoms with Gasteiger partial charge in [-0.1, -0.05) is 18.2 Å². The maximum atomic E-state index is 12.7. The van der Waals surface area contributed by atoms with Gasteiger partial charge >= 0.3 is 0 Å². The molecule has 0 unspecified atom stereocenters. The number of carbonyl (C=O) groups excluding carboxylic acids is 2. The van der Waals surface area contributed by atoms with E-state index in [1.807, 2.05) is 70.2 Å². The Kier molecular flexibility index (Phi) is 9.47. The number of hydrogen-bond acceptors (Lipinski definition) is 5. The van der Waals surface area contributed by atoms with Gasteiger partial charge in [-0.05, 0) is 108 Å². The molecular formula is C29H28BrN3O4. The Morgan fingerprint density at radius 2 is 1.73 bits per heavy atom. The molecule has 0 fully saturated rings. The molecule has 3 aromatic rings. The highest BCUT2D eigenvalue weighted by atomic mass is 79.9. The predicted molar refractivity (Wildman–Crippen MR) is 149 cm³/mol. The molecule has 0 aliphatic rings. The number of amides is 2. The Morgan fingerprint density at radius 1 is 0.973 bits per heavy atom. The average Bonchev–Trinajstić information content (AvgIpc) is 2.84. The summed E-state index contributed by atoms with van der Waals surface area (Å²) < 4.78 is 12.0. The third kappa shape index (κ3) is 7.69. The van der Waals surface area contributed by atoms with Crippen molar-refractivity contribution in [3.05, 3.63) is 86.9 Å². The van der Waals surface area contributed by atoms with Crippen LogP contribution in [0.1, 0.15) is 29.2 Å². The standard InChI is InChI=1S/C29H28BrN3O4/c1-5-36-26-15-21(13-22(16-31)29(35)33-23-8-6-7-18(2)11-23)14-25(30)28(26)37-17-27(34)32-24-10-9-19(3)20(4)12-24/h6-15H,5,17H2,1-4H3,(H,32,34)(H,33,35)/b22-13+. The van der Waals surface area contributed by atoms with Gasteiger partial charge in [0.05, 0.1) is 11.1 Å². The summed E-state index contributed by atoms with van der Waals surface area (Å²) >= 11 is 3.46. The van der Waals surface area contributed by atoms with Crippen LogP contribution in [-0.2, 0) is 9.59 Å². The van der Waals surface area contributed by atoms with E-state index >= 15 is 0 Å². The van der Waals surface area contributed by atoms with Crippen molar-refractivity contribution in [3.8, 4) is 17.6 Å². The number of nitrogens with one attached hydrogen (secondary N) is 2. The van der Waals surface area contributed by atoms with Crippen molar-refractivity contribution in [2.45, 2.75) is 27.7 Å². The summed E-state index contributed by atoms with van der Waals surface area (Å²) in [5, 5.41) is 15.2. The van der Waals surface area contributed by atoms with E-state index < -0.39 is 5.91 Å². The molecule has 0 aliphatic carbocycles. The van der Waals surface area contributed by atoms with Crippen LogP contribution in [0, 0.1) is 32.1 Å². The molecule has 8 heteroatoms. The largest absolute Gasteiger partial charge is 0.490 e. The van der Waals surface area contributed by atoms with Crippen molar-refractivity contribution in [2.24, 2.45) is 0 Å². The lowest BCUT2D eigenvalue weighted by Crippen LogP contribution is -2.20. The molecule has 7 nitrogen and oxygen atoms in total. The zero-order valence-corrected chi connectivity index (χ0v) is 22.7. The summed E-state index contributed by atoms with van der Waals surface area (Å²) in [4.78, 5) is 25.2. The van der Waals surface area contributed by atoms with Crippen molar-refractivity contribution in [1.82, 2.24) is 0 Å². The molecule has 0 saturated heterocycles. The molecular weight excluding hydrogens is 534 g/mol. The van der Waals surface area contributed by atoms with Crippen LogP contribution in [0.3, 0.4) is 0 Å². The van der Waals surface area contributed by atoms with Gasteiger partial charge in [-0.3, -0.25) is 9.59 Å². The first-order valence-corrected chi connectivity index (χ1v) is 12.5. The van der Waals surface area contributed by atoms with E-state index in [1.165, 1.54) is 6.08 Å². The van der Waals surface area contributed by atoms with Crippen LogP contribution < -0.4 is 20.1 Å². The molecule has 3 aromatic carbocycles. The van der Waals surface area contributed by atoms with Crippen LogP contribution in [-0.4, -0.2) is 25.0 Å². The number of halogens is 1. The van der Waals surface area contributed by atoms with E-state index in [4.69, 9.17) is 9.47 Å². The Hall–Kier alpha value is -4.09. The van der Waals surface area contributed by atoms with E-state index in [-0.39, 0.29) is 18.1 Å². The molecule has 0 aromatic heterocycles. The maximum absolute atomic E-state index is 12.7. The predicted octanol–water partition coefficient (Wildman–Crippen LogP) is 6.34. The lowest BCUT2D eigenvalue weighted by atomic mass is 10.1. The van der Waals surface area contributed by atoms with Crippen LogP contribution in [0.2, 0.25) is 0 Å². The molecule has 37 heavy (non-hydrogen) atoms. The van der Waals surface area contributed by atoms with Gasteiger partial charge in [-0.25, -0.2) is 0 Å². The van der Waals surface area contributed by atoms with Crippen molar-refractivity contribution >= 4 is 45.2 Å². The van der Waals surface area contributed by atoms with Crippen molar-refractivity contribution < 1.29 is 19.1 Å². The van der Waals surface area contributed by atoms with Crippen molar-refractivity contribution in [1.29, 1.82) is 5.26 Å². The molecule has 2 amide bonds. The van der Waals surface area contributed by atoms with Gasteiger partial charge < -0.3 is 20.1 Å². The summed E-state index contributed by atoms with van der Waals surface area (Å²) in [6, 6.07) is 18.3. The fourth-order valence-corrected chi connectivity index (χ4v) is 4.04. The Balaban J connectivity index is 1.77. The lowest BCUT2D eigenvalue weighted by molar-refractivity contribution is -0.118. The number of nitrogens with zero attached hydrogens (tertiary/aromatic N) is 1. The number of carbonyl (C=O) groups is 2. The number of rotatable bonds is 9. The summed E-state index contributed by atoms with van der Waals surface area (Å²) in [5.74, 6) is -0.123. The molecule has 0 heterocycles. The second kappa shape index (κ2) is 12.7. The number of benzene rings is 3. The van der Waals surface area contributed by atoms with E-state index in [1.54, 1.807) is 18.2 Å². The van der Waals surface area contributed by atoms with Gasteiger partial charge in [0.2, 0.25) is 0 Å². The van der Waals surface area contributed by atoms with Crippen LogP contribution in [0.4, 0.5) is 11.4 Å². The molecule has 0 aliphatic heterocycles. The Morgan fingerprint density at radius 3 is 2.41 bits per heavy atom. The molecule has 0 bridgehead atoms. The van der Waals surface area contributed by atoms with Crippen LogP contribution in [0.5, 0.6) is 11.5 Å². The van der Waals surface area contributed by atoms with Crippen LogP contribution in [0.15, 0.2) is 64.6 Å². The highest BCUT2D eigenvalue weighted by Gasteiger charge is 2.16. The van der Waals surface area contributed by atoms with Gasteiger partial charge in [0.25, 0.3) is 11.8 Å². The van der Waals surface area contributed by atoms with Crippen LogP contribution >= 0.6 is 15.9 Å². The summed E-state index contributed by atoms with van der Waals surface area (Å²) in [5.41, 5.74) is 4.98. The first-order valence-electron chi connectivity index (χ1n) is 11.7. The highest BCUT2D eigenvalue weighted by Crippen LogP contribution is 2.37. The van der Waals surface area contributed by atoms with E-state index in [0.717, 1.165) is 16.7 Å². The molecule has 0 spiro atoms. The lowest BCUT2D eigenvalue weighted by Gasteiger charge is -2.15. The second-order valence-corrected chi connectivity index (χ2v) is 9.25. The summed E-state index contributed by atoms with van der Waals surface area (Å²) in [7, 11) is 0. The topological polar surface area (TPSA) is 100 Å². The minimum absolute atomic E-state index is 0.0720. The van der Waals surface area contributed by atoms with Crippen molar-refractivity contribution in [2.75, 3.05) is 23.8 Å². The summed E-state index contributed by atoms with van der Waals surface area (Å²) in [6.07, 6.45) is 1.47. The van der Waals surface area contributed by atoms with Crippen LogP contribution in [0.25, 0.3) is 6.08 Å². The molecule has 0 radical (unpaired) electrons. The van der Waals surface area contributed by atoms with Crippen molar-refractivity contribution in [3.63, 3.8) is 0 Å². The summed E-state index contributed by atoms with van der Waals surface area (Å²) in [6.45, 7) is 7.84. The Bertz CT molecular complexity index is 1390. The number of ether oxygens (including phenoxy) is 2. The smallest absolute Gasteiger partial charge is 0.266 e. The minimum Gasteiger partial charge on any atom is -0.490 e. The molecule has 0 atom stereocenters. The van der Waals surface area contributed by atoms with Gasteiger partial charge in [0, 0.05) is 11.4 Å². The third-order valence-electron chi connectivity index (χ3n) is 5.42. The van der Waals surface area contributed by atoms with Gasteiger partial charge in [-0.15, -0.1) is 0 Å². The van der Waals surface area contributed by atoms with Gasteiger partial charge in [0.1, 0.15) is 11.6 Å². The van der Waals surface area contributed by atoms with E-state index in [9.17, 15) is 14.9 Å². The first kappa shape index (κ1) is 27.5. The number of anilines is 2. The normalized spacial score (nSPS) is 10.9. The van der Waals surface area contributed by atoms with E-state index in [0.29, 0.717) is 39.5 Å². The number of aryl methyl sites for hydroxylation is 3. The monoisotopic (exact) mass is 561 g/mol. The molecule has 0 saturated carbocycles. The fraction of sp³-hybridized carbons (Fsp3) is 0.207. The fourth-order valence-electron chi connectivity index (χ4n) is 3.46. The third-order valence-corrected chi connectivity index (χ3v) is 6.01. The number of nitriles is 1. The zero-order chi connectivity index (χ0) is 26.9. The molecule has 3 rings (SSSR count). The second-order valence-electron chi connectivity index (χ2n) is 8.39. The van der Waals surface area contributed by atoms with E-state index in [2.05, 4.69) is 26.6 Å². The average molecular weight is 562 g/mol. The SMILES string of the molecule is CCOc1cc(/C=C(\C#N)C(=O)Nc2cccc(C)c2)cc(Br)c1OCC(=O)Nc1ccc(C)c(C)c1. The molecule has 190 valence electrons. The Labute approximate surface area is 225 Å². The highest BCUT2D eigenvalue weighted by molar-refractivity contribution is 9.10. The minimum atomic E-state index is -0.523. The quantitative estimate of drug-likeness (QED) is 0.234. The molecule has 2 N–H and O–H groups in total. The number of hydrogen-bond donors (Lipinski definition) is 2. The maximum Gasteiger partial charge on any atom is 0.266 e. The van der Waals surface area contributed by atoms with Gasteiger partial charge in [-0.2, -0.15) is 5.26 Å².